The fourth-order valence-corrected chi connectivity index (χ4v) is 2.71. The van der Waals surface area contributed by atoms with Crippen molar-refractivity contribution in [1.29, 1.82) is 0 Å². The van der Waals surface area contributed by atoms with Crippen LogP contribution in [0.15, 0.2) is 42.5 Å². The third kappa shape index (κ3) is 3.31. The maximum atomic E-state index is 12.4. The van der Waals surface area contributed by atoms with Gasteiger partial charge in [-0.05, 0) is 36.8 Å². The number of carbonyl (C=O) groups is 3. The summed E-state index contributed by atoms with van der Waals surface area (Å²) in [4.78, 5) is 35.8. The third-order valence-corrected chi connectivity index (χ3v) is 4.01. The molecule has 5 nitrogen and oxygen atoms in total. The predicted octanol–water partition coefficient (Wildman–Crippen LogP) is 3.26. The van der Waals surface area contributed by atoms with Crippen LogP contribution in [0.5, 0.6) is 0 Å². The van der Waals surface area contributed by atoms with Crippen LogP contribution >= 0.6 is 11.6 Å². The third-order valence-electron chi connectivity index (χ3n) is 3.78. The highest BCUT2D eigenvalue weighted by molar-refractivity contribution is 6.31. The molecule has 2 aromatic rings. The van der Waals surface area contributed by atoms with Gasteiger partial charge in [0.2, 0.25) is 0 Å². The lowest BCUT2D eigenvalue weighted by Crippen LogP contribution is -2.38. The summed E-state index contributed by atoms with van der Waals surface area (Å²) in [6.45, 7) is 1.45. The van der Waals surface area contributed by atoms with Crippen LogP contribution in [0.3, 0.4) is 0 Å². The second-order valence-electron chi connectivity index (χ2n) is 5.53. The second-order valence-corrected chi connectivity index (χ2v) is 5.96. The summed E-state index contributed by atoms with van der Waals surface area (Å²) in [5, 5.41) is 3.11. The van der Waals surface area contributed by atoms with E-state index in [1.54, 1.807) is 36.4 Å². The Labute approximate surface area is 143 Å². The highest BCUT2D eigenvalue weighted by Crippen LogP contribution is 2.25. The van der Waals surface area contributed by atoms with E-state index in [1.165, 1.54) is 13.0 Å². The monoisotopic (exact) mass is 343 g/mol. The number of amides is 1. The standard InChI is InChI=1S/C18H14ClNO4/c1-10(21)11-3-2-4-14(7-11)20-17(22)16-8-12-5-6-13(19)9-15(12)18(23)24-16/h2-7,9,16H,8H2,1H3,(H,20,22)/t16-/m0/s1. The van der Waals surface area contributed by atoms with Crippen LogP contribution < -0.4 is 5.32 Å². The number of ether oxygens (including phenoxy) is 1. The van der Waals surface area contributed by atoms with Crippen molar-refractivity contribution in [3.63, 3.8) is 0 Å². The smallest absolute Gasteiger partial charge is 0.339 e. The van der Waals surface area contributed by atoms with Crippen LogP contribution in [0.4, 0.5) is 5.69 Å². The number of ketones is 1. The number of benzene rings is 2. The van der Waals surface area contributed by atoms with Crippen molar-refractivity contribution in [2.75, 3.05) is 5.32 Å². The quantitative estimate of drug-likeness (QED) is 0.685. The maximum absolute atomic E-state index is 12.4. The molecule has 0 bridgehead atoms. The molecule has 0 aliphatic carbocycles. The zero-order valence-electron chi connectivity index (χ0n) is 12.8. The van der Waals surface area contributed by atoms with Gasteiger partial charge in [-0.25, -0.2) is 4.79 Å². The van der Waals surface area contributed by atoms with E-state index < -0.39 is 18.0 Å². The van der Waals surface area contributed by atoms with Gasteiger partial charge in [-0.3, -0.25) is 9.59 Å². The molecule has 2 aromatic carbocycles. The normalized spacial score (nSPS) is 16.1. The van der Waals surface area contributed by atoms with Crippen LogP contribution in [0.1, 0.15) is 33.2 Å². The Kier molecular flexibility index (Phi) is 4.36. The summed E-state index contributed by atoms with van der Waals surface area (Å²) >= 11 is 5.87. The molecule has 122 valence electrons. The molecule has 0 spiro atoms. The SMILES string of the molecule is CC(=O)c1cccc(NC(=O)[C@@H]2Cc3ccc(Cl)cc3C(=O)O2)c1. The molecule has 1 aliphatic heterocycles. The minimum atomic E-state index is -0.924. The molecule has 1 heterocycles. The predicted molar refractivity (Wildman–Crippen MR) is 89.4 cm³/mol. The molecule has 0 unspecified atom stereocenters. The number of cyclic esters (lactones) is 1. The van der Waals surface area contributed by atoms with E-state index in [4.69, 9.17) is 16.3 Å². The van der Waals surface area contributed by atoms with E-state index in [0.717, 1.165) is 0 Å². The Hall–Kier alpha value is -2.66. The van der Waals surface area contributed by atoms with E-state index in [2.05, 4.69) is 5.32 Å². The fraction of sp³-hybridized carbons (Fsp3) is 0.167. The zero-order valence-corrected chi connectivity index (χ0v) is 13.6. The van der Waals surface area contributed by atoms with Gasteiger partial charge in [0.15, 0.2) is 11.9 Å². The molecule has 3 rings (SSSR count). The van der Waals surface area contributed by atoms with Gasteiger partial charge >= 0.3 is 5.97 Å². The molecule has 1 atom stereocenters. The summed E-state index contributed by atoms with van der Waals surface area (Å²) in [7, 11) is 0. The van der Waals surface area contributed by atoms with Crippen molar-refractivity contribution in [2.45, 2.75) is 19.4 Å². The number of hydrogen-bond acceptors (Lipinski definition) is 4. The van der Waals surface area contributed by atoms with E-state index in [9.17, 15) is 14.4 Å². The fourth-order valence-electron chi connectivity index (χ4n) is 2.54. The molecule has 1 N–H and O–H groups in total. The minimum Gasteiger partial charge on any atom is -0.448 e. The molecular formula is C18H14ClNO4. The van der Waals surface area contributed by atoms with Crippen molar-refractivity contribution < 1.29 is 19.1 Å². The number of Topliss-reactive ketones (excluding diaryl/α,β-unsaturated/α-hetero) is 1. The number of esters is 1. The summed E-state index contributed by atoms with van der Waals surface area (Å²) in [5.41, 5.74) is 2.07. The molecule has 0 aromatic heterocycles. The zero-order chi connectivity index (χ0) is 17.3. The summed E-state index contributed by atoms with van der Waals surface area (Å²) < 4.78 is 5.20. The number of rotatable bonds is 3. The van der Waals surface area contributed by atoms with E-state index >= 15 is 0 Å². The van der Waals surface area contributed by atoms with Crippen LogP contribution in [0.2, 0.25) is 5.02 Å². The molecule has 0 radical (unpaired) electrons. The summed E-state index contributed by atoms with van der Waals surface area (Å²) in [6, 6.07) is 11.5. The topological polar surface area (TPSA) is 72.5 Å². The van der Waals surface area contributed by atoms with Gasteiger partial charge < -0.3 is 10.1 Å². The van der Waals surface area contributed by atoms with Crippen LogP contribution in [-0.2, 0) is 16.0 Å². The number of carbonyl (C=O) groups excluding carboxylic acids is 3. The van der Waals surface area contributed by atoms with Crippen molar-refractivity contribution >= 4 is 34.9 Å². The van der Waals surface area contributed by atoms with E-state index in [0.29, 0.717) is 27.4 Å². The average Bonchev–Trinajstić information content (AvgIpc) is 2.55. The number of nitrogens with one attached hydrogen (secondary N) is 1. The molecule has 24 heavy (non-hydrogen) atoms. The van der Waals surface area contributed by atoms with Gasteiger partial charge in [0.05, 0.1) is 5.56 Å². The van der Waals surface area contributed by atoms with Crippen molar-refractivity contribution in [3.05, 3.63) is 64.2 Å². The summed E-state index contributed by atoms with van der Waals surface area (Å²) in [5.74, 6) is -1.11. The number of hydrogen-bond donors (Lipinski definition) is 1. The molecule has 6 heteroatoms. The minimum absolute atomic E-state index is 0.0963. The van der Waals surface area contributed by atoms with Gasteiger partial charge in [-0.2, -0.15) is 0 Å². The Bertz CT molecular complexity index is 847. The molecule has 0 saturated carbocycles. The number of halogens is 1. The first-order valence-corrected chi connectivity index (χ1v) is 7.73. The van der Waals surface area contributed by atoms with Crippen molar-refractivity contribution in [2.24, 2.45) is 0 Å². The van der Waals surface area contributed by atoms with Crippen LogP contribution in [0, 0.1) is 0 Å². The highest BCUT2D eigenvalue weighted by atomic mass is 35.5. The first-order chi connectivity index (χ1) is 11.4. The number of fused-ring (bicyclic) bond motifs is 1. The Morgan fingerprint density at radius 3 is 2.75 bits per heavy atom. The molecule has 1 aliphatic rings. The van der Waals surface area contributed by atoms with E-state index in [-0.39, 0.29) is 12.2 Å². The van der Waals surface area contributed by atoms with Gasteiger partial charge in [0.25, 0.3) is 5.91 Å². The Morgan fingerprint density at radius 1 is 1.21 bits per heavy atom. The Balaban J connectivity index is 1.77. The first kappa shape index (κ1) is 16.2. The molecule has 1 amide bonds. The molecule has 0 fully saturated rings. The lowest BCUT2D eigenvalue weighted by molar-refractivity contribution is -0.125. The second kappa shape index (κ2) is 6.45. The highest BCUT2D eigenvalue weighted by Gasteiger charge is 2.31. The molecule has 0 saturated heterocycles. The van der Waals surface area contributed by atoms with Gasteiger partial charge in [0.1, 0.15) is 0 Å². The van der Waals surface area contributed by atoms with E-state index in [1.807, 2.05) is 0 Å². The molecular weight excluding hydrogens is 330 g/mol. The largest absolute Gasteiger partial charge is 0.448 e. The van der Waals surface area contributed by atoms with Crippen LogP contribution in [-0.4, -0.2) is 23.8 Å². The maximum Gasteiger partial charge on any atom is 0.339 e. The lowest BCUT2D eigenvalue weighted by Gasteiger charge is -2.24. The Morgan fingerprint density at radius 2 is 2.00 bits per heavy atom. The number of anilines is 1. The lowest BCUT2D eigenvalue weighted by atomic mass is 9.98. The van der Waals surface area contributed by atoms with Gasteiger partial charge in [0, 0.05) is 22.7 Å². The summed E-state index contributed by atoms with van der Waals surface area (Å²) in [6.07, 6.45) is -0.650. The first-order valence-electron chi connectivity index (χ1n) is 7.35. The van der Waals surface area contributed by atoms with Gasteiger partial charge in [-0.15, -0.1) is 0 Å². The average molecular weight is 344 g/mol. The van der Waals surface area contributed by atoms with Gasteiger partial charge in [-0.1, -0.05) is 29.8 Å². The van der Waals surface area contributed by atoms with Crippen molar-refractivity contribution in [3.8, 4) is 0 Å². The van der Waals surface area contributed by atoms with Crippen LogP contribution in [0.25, 0.3) is 0 Å². The van der Waals surface area contributed by atoms with Crippen molar-refractivity contribution in [1.82, 2.24) is 0 Å².